The first-order valence-corrected chi connectivity index (χ1v) is 8.47. The third-order valence-corrected chi connectivity index (χ3v) is 3.58. The number of hydrogen-bond acceptors (Lipinski definition) is 0. The van der Waals surface area contributed by atoms with Crippen LogP contribution in [-0.2, 0) is 0 Å². The van der Waals surface area contributed by atoms with Gasteiger partial charge in [-0.25, -0.2) is 0 Å². The molecule has 0 radical (unpaired) electrons. The largest absolute Gasteiger partial charge is 0.0984 e. The zero-order chi connectivity index (χ0) is 15.8. The first-order valence-electron chi connectivity index (χ1n) is 6.88. The maximum absolute atomic E-state index is 3.78. The molecule has 3 rings (SSSR count). The highest BCUT2D eigenvalue weighted by molar-refractivity contribution is 9.28. The maximum atomic E-state index is 3.78. The Balaban J connectivity index is 0.000000164. The van der Waals surface area contributed by atoms with Gasteiger partial charge in [0, 0.05) is 0 Å². The zero-order valence-electron chi connectivity index (χ0n) is 12.0. The summed E-state index contributed by atoms with van der Waals surface area (Å²) < 4.78 is 0.964. The van der Waals surface area contributed by atoms with Crippen LogP contribution in [0.1, 0.15) is 11.1 Å². The number of halogens is 2. The third-order valence-electron chi connectivity index (χ3n) is 3.12. The van der Waals surface area contributed by atoms with Crippen LogP contribution in [0.5, 0.6) is 0 Å². The van der Waals surface area contributed by atoms with E-state index in [9.17, 15) is 0 Å². The molecule has 3 aromatic rings. The van der Waals surface area contributed by atoms with Crippen molar-refractivity contribution in [1.29, 1.82) is 0 Å². The van der Waals surface area contributed by atoms with Crippen LogP contribution in [0, 0.1) is 0 Å². The predicted molar refractivity (Wildman–Crippen MR) is 106 cm³/mol. The van der Waals surface area contributed by atoms with Crippen LogP contribution in [0.15, 0.2) is 82.8 Å². The Kier molecular flexibility index (Phi) is 6.63. The van der Waals surface area contributed by atoms with Crippen molar-refractivity contribution < 1.29 is 0 Å². The van der Waals surface area contributed by atoms with E-state index in [1.54, 1.807) is 0 Å². The van der Waals surface area contributed by atoms with Crippen LogP contribution in [0.25, 0.3) is 22.9 Å². The number of fused-ring (bicyclic) bond motifs is 1. The molecule has 110 valence electrons. The molecule has 0 aliphatic rings. The second-order valence-electron chi connectivity index (χ2n) is 4.62. The van der Waals surface area contributed by atoms with E-state index in [0.29, 0.717) is 0 Å². The molecule has 0 aliphatic heterocycles. The highest BCUT2D eigenvalue weighted by atomic mass is 79.9. The van der Waals surface area contributed by atoms with Crippen molar-refractivity contribution in [3.8, 4) is 0 Å². The molecule has 0 saturated carbocycles. The van der Waals surface area contributed by atoms with Crippen LogP contribution in [-0.4, -0.2) is 0 Å². The molecule has 0 bridgehead atoms. The van der Waals surface area contributed by atoms with E-state index in [4.69, 9.17) is 0 Å². The molecule has 0 amide bonds. The van der Waals surface area contributed by atoms with Crippen LogP contribution in [0.4, 0.5) is 0 Å². The second kappa shape index (κ2) is 8.72. The van der Waals surface area contributed by atoms with Crippen molar-refractivity contribution in [2.45, 2.75) is 0 Å². The van der Waals surface area contributed by atoms with Gasteiger partial charge in [-0.1, -0.05) is 85.5 Å². The summed E-state index contributed by atoms with van der Waals surface area (Å²) >= 11 is 6.58. The molecule has 0 nitrogen and oxygen atoms in total. The Morgan fingerprint density at radius 2 is 1.41 bits per heavy atom. The van der Waals surface area contributed by atoms with Crippen LogP contribution >= 0.6 is 31.9 Å². The quantitative estimate of drug-likeness (QED) is 0.413. The average Bonchev–Trinajstić information content (AvgIpc) is 2.55. The molecule has 0 fully saturated rings. The van der Waals surface area contributed by atoms with Gasteiger partial charge in [-0.3, -0.25) is 0 Å². The Hall–Kier alpha value is -1.64. The second-order valence-corrected chi connectivity index (χ2v) is 7.39. The van der Waals surface area contributed by atoms with Gasteiger partial charge < -0.3 is 0 Å². The minimum atomic E-state index is 0.964. The van der Waals surface area contributed by atoms with E-state index >= 15 is 0 Å². The SMILES string of the molecule is BrC(Br)=Cc1ccccc1.C=Cc1cccc2ccccc12. The first kappa shape index (κ1) is 16.7. The third kappa shape index (κ3) is 4.97. The van der Waals surface area contributed by atoms with Gasteiger partial charge in [-0.05, 0) is 59.8 Å². The summed E-state index contributed by atoms with van der Waals surface area (Å²) in [5, 5.41) is 2.55. The van der Waals surface area contributed by atoms with Crippen molar-refractivity contribution >= 4 is 54.8 Å². The molecule has 0 aromatic heterocycles. The zero-order valence-corrected chi connectivity index (χ0v) is 15.2. The predicted octanol–water partition coefficient (Wildman–Crippen LogP) is 7.26. The van der Waals surface area contributed by atoms with E-state index in [1.165, 1.54) is 21.9 Å². The van der Waals surface area contributed by atoms with E-state index in [0.717, 1.165) is 3.39 Å². The van der Waals surface area contributed by atoms with Crippen LogP contribution < -0.4 is 0 Å². The first-order chi connectivity index (χ1) is 10.7. The van der Waals surface area contributed by atoms with Gasteiger partial charge in [-0.2, -0.15) is 0 Å². The highest BCUT2D eigenvalue weighted by Gasteiger charge is 1.93. The molecule has 2 heteroatoms. The number of rotatable bonds is 2. The van der Waals surface area contributed by atoms with E-state index in [1.807, 2.05) is 42.5 Å². The summed E-state index contributed by atoms with van der Waals surface area (Å²) in [7, 11) is 0. The minimum Gasteiger partial charge on any atom is -0.0984 e. The van der Waals surface area contributed by atoms with Gasteiger partial charge in [0.25, 0.3) is 0 Å². The molecule has 0 aliphatic carbocycles. The fourth-order valence-corrected chi connectivity index (χ4v) is 2.63. The molecule has 3 aromatic carbocycles. The summed E-state index contributed by atoms with van der Waals surface area (Å²) in [6, 6.07) is 24.7. The van der Waals surface area contributed by atoms with Gasteiger partial charge in [0.05, 0.1) is 3.39 Å². The van der Waals surface area contributed by atoms with Crippen molar-refractivity contribution in [2.75, 3.05) is 0 Å². The normalized spacial score (nSPS) is 9.55. The topological polar surface area (TPSA) is 0 Å². The summed E-state index contributed by atoms with van der Waals surface area (Å²) in [6.45, 7) is 3.78. The van der Waals surface area contributed by atoms with Gasteiger partial charge in [-0.15, -0.1) is 0 Å². The summed E-state index contributed by atoms with van der Waals surface area (Å²) in [4.78, 5) is 0. The lowest BCUT2D eigenvalue weighted by atomic mass is 10.1. The molecule has 0 atom stereocenters. The van der Waals surface area contributed by atoms with Gasteiger partial charge in [0.1, 0.15) is 0 Å². The number of hydrogen-bond donors (Lipinski definition) is 0. The van der Waals surface area contributed by atoms with Crippen molar-refractivity contribution in [3.63, 3.8) is 0 Å². The standard InChI is InChI=1S/C12H10.C8H6Br2/c1-2-10-7-5-8-11-6-3-4-9-12(10)11;9-8(10)6-7-4-2-1-3-5-7/h2-9H,1H2;1-6H. The van der Waals surface area contributed by atoms with Crippen LogP contribution in [0.2, 0.25) is 0 Å². The Morgan fingerprint density at radius 3 is 2.09 bits per heavy atom. The summed E-state index contributed by atoms with van der Waals surface area (Å²) in [5.41, 5.74) is 2.39. The highest BCUT2D eigenvalue weighted by Crippen LogP contribution is 2.19. The van der Waals surface area contributed by atoms with Crippen molar-refractivity contribution in [1.82, 2.24) is 0 Å². The van der Waals surface area contributed by atoms with Gasteiger partial charge in [0.15, 0.2) is 0 Å². The molecule has 0 heterocycles. The Morgan fingerprint density at radius 1 is 0.773 bits per heavy atom. The van der Waals surface area contributed by atoms with Gasteiger partial charge in [0.2, 0.25) is 0 Å². The molecule has 22 heavy (non-hydrogen) atoms. The summed E-state index contributed by atoms with van der Waals surface area (Å²) in [5.74, 6) is 0. The van der Waals surface area contributed by atoms with Crippen molar-refractivity contribution in [2.24, 2.45) is 0 Å². The molecule has 0 spiro atoms. The Bertz CT molecular complexity index is 765. The monoisotopic (exact) mass is 414 g/mol. The fourth-order valence-electron chi connectivity index (χ4n) is 2.10. The number of benzene rings is 3. The average molecular weight is 416 g/mol. The summed E-state index contributed by atoms with van der Waals surface area (Å²) in [6.07, 6.45) is 3.89. The lowest BCUT2D eigenvalue weighted by Crippen LogP contribution is -1.75. The molecule has 0 unspecified atom stereocenters. The van der Waals surface area contributed by atoms with Gasteiger partial charge >= 0.3 is 0 Å². The minimum absolute atomic E-state index is 0.964. The lowest BCUT2D eigenvalue weighted by molar-refractivity contribution is 1.66. The molecule has 0 saturated heterocycles. The van der Waals surface area contributed by atoms with Crippen molar-refractivity contribution in [3.05, 3.63) is 93.9 Å². The fraction of sp³-hybridized carbons (Fsp3) is 0. The smallest absolute Gasteiger partial charge is 0.0610 e. The van der Waals surface area contributed by atoms with E-state index in [-0.39, 0.29) is 0 Å². The molecule has 0 N–H and O–H groups in total. The lowest BCUT2D eigenvalue weighted by Gasteiger charge is -1.99. The Labute approximate surface area is 148 Å². The van der Waals surface area contributed by atoms with E-state index in [2.05, 4.69) is 80.9 Å². The van der Waals surface area contributed by atoms with E-state index < -0.39 is 0 Å². The molecular formula is C20H16Br2. The molecular weight excluding hydrogens is 400 g/mol. The van der Waals surface area contributed by atoms with Crippen LogP contribution in [0.3, 0.4) is 0 Å². The maximum Gasteiger partial charge on any atom is 0.0610 e.